The molecule has 5 heteroatoms. The van der Waals surface area contributed by atoms with Gasteiger partial charge in [-0.05, 0) is 47.5 Å². The fourth-order valence-corrected chi connectivity index (χ4v) is 3.14. The van der Waals surface area contributed by atoms with Crippen molar-refractivity contribution >= 4 is 28.8 Å². The first-order chi connectivity index (χ1) is 10.7. The van der Waals surface area contributed by atoms with Crippen LogP contribution in [0.1, 0.15) is 15.2 Å². The molecule has 3 rings (SSSR count). The first-order valence-electron chi connectivity index (χ1n) is 6.75. The van der Waals surface area contributed by atoms with E-state index in [9.17, 15) is 4.79 Å². The Morgan fingerprint density at radius 3 is 2.73 bits per heavy atom. The van der Waals surface area contributed by atoms with Crippen molar-refractivity contribution in [3.05, 3.63) is 76.4 Å². The van der Waals surface area contributed by atoms with Gasteiger partial charge in [0, 0.05) is 28.8 Å². The Bertz CT molecular complexity index is 786. The number of thiophene rings is 1. The number of pyridine rings is 1. The Morgan fingerprint density at radius 1 is 1.14 bits per heavy atom. The molecular weight excluding hydrogens is 316 g/mol. The molecule has 0 aliphatic carbocycles. The van der Waals surface area contributed by atoms with Gasteiger partial charge < -0.3 is 5.32 Å². The summed E-state index contributed by atoms with van der Waals surface area (Å²) in [6.45, 7) is 0.492. The predicted molar refractivity (Wildman–Crippen MR) is 90.2 cm³/mol. The van der Waals surface area contributed by atoms with Crippen molar-refractivity contribution in [2.75, 3.05) is 0 Å². The largest absolute Gasteiger partial charge is 0.347 e. The van der Waals surface area contributed by atoms with Crippen LogP contribution in [0.5, 0.6) is 0 Å². The highest BCUT2D eigenvalue weighted by molar-refractivity contribution is 7.17. The number of amides is 1. The van der Waals surface area contributed by atoms with E-state index < -0.39 is 0 Å². The topological polar surface area (TPSA) is 42.0 Å². The lowest BCUT2D eigenvalue weighted by molar-refractivity contribution is 0.0955. The van der Waals surface area contributed by atoms with E-state index in [0.717, 1.165) is 16.0 Å². The maximum absolute atomic E-state index is 12.2. The van der Waals surface area contributed by atoms with Crippen LogP contribution in [-0.4, -0.2) is 10.9 Å². The molecule has 0 bridgehead atoms. The fourth-order valence-electron chi connectivity index (χ4n) is 2.03. The van der Waals surface area contributed by atoms with Gasteiger partial charge in [0.25, 0.3) is 5.91 Å². The van der Waals surface area contributed by atoms with E-state index in [-0.39, 0.29) is 5.91 Å². The second-order valence-corrected chi connectivity index (χ2v) is 6.23. The molecule has 0 unspecified atom stereocenters. The summed E-state index contributed by atoms with van der Waals surface area (Å²) in [5, 5.41) is 3.60. The van der Waals surface area contributed by atoms with Crippen molar-refractivity contribution in [1.82, 2.24) is 10.3 Å². The summed E-state index contributed by atoms with van der Waals surface area (Å²) < 4.78 is 0. The number of carbonyl (C=O) groups excluding carboxylic acids is 1. The Kier molecular flexibility index (Phi) is 4.51. The molecule has 0 radical (unpaired) electrons. The molecule has 0 aliphatic rings. The summed E-state index contributed by atoms with van der Waals surface area (Å²) in [6.07, 6.45) is 3.42. The minimum absolute atomic E-state index is 0.0740. The van der Waals surface area contributed by atoms with Gasteiger partial charge in [0.05, 0.1) is 4.88 Å². The van der Waals surface area contributed by atoms with Crippen LogP contribution in [0.25, 0.3) is 10.4 Å². The number of nitrogens with one attached hydrogen (secondary N) is 1. The summed E-state index contributed by atoms with van der Waals surface area (Å²) in [5.41, 5.74) is 2.04. The summed E-state index contributed by atoms with van der Waals surface area (Å²) in [6, 6.07) is 15.2. The van der Waals surface area contributed by atoms with Crippen LogP contribution in [0, 0.1) is 0 Å². The molecule has 1 amide bonds. The number of carbonyl (C=O) groups is 1. The highest BCUT2D eigenvalue weighted by Gasteiger charge is 2.10. The first-order valence-corrected chi connectivity index (χ1v) is 7.95. The van der Waals surface area contributed by atoms with Gasteiger partial charge in [0.1, 0.15) is 0 Å². The monoisotopic (exact) mass is 328 g/mol. The first kappa shape index (κ1) is 14.8. The molecule has 0 spiro atoms. The molecule has 0 saturated carbocycles. The zero-order valence-corrected chi connectivity index (χ0v) is 13.2. The minimum Gasteiger partial charge on any atom is -0.347 e. The van der Waals surface area contributed by atoms with Crippen LogP contribution < -0.4 is 5.32 Å². The Morgan fingerprint density at radius 2 is 1.95 bits per heavy atom. The molecular formula is C17H13ClN2OS. The summed E-state index contributed by atoms with van der Waals surface area (Å²) in [4.78, 5) is 17.8. The Labute approximate surface area is 137 Å². The lowest BCUT2D eigenvalue weighted by Gasteiger charge is -2.03. The molecule has 1 aromatic carbocycles. The number of rotatable bonds is 4. The Hall–Kier alpha value is -2.17. The highest BCUT2D eigenvalue weighted by atomic mass is 35.5. The van der Waals surface area contributed by atoms with Gasteiger partial charge in [-0.3, -0.25) is 9.78 Å². The number of aromatic nitrogens is 1. The van der Waals surface area contributed by atoms with Gasteiger partial charge >= 0.3 is 0 Å². The van der Waals surface area contributed by atoms with Gasteiger partial charge in [-0.15, -0.1) is 11.3 Å². The van der Waals surface area contributed by atoms with Crippen molar-refractivity contribution in [3.8, 4) is 10.4 Å². The normalized spacial score (nSPS) is 10.4. The molecule has 0 fully saturated rings. The van der Waals surface area contributed by atoms with Crippen molar-refractivity contribution in [2.24, 2.45) is 0 Å². The van der Waals surface area contributed by atoms with E-state index in [1.54, 1.807) is 12.4 Å². The molecule has 0 aliphatic heterocycles. The molecule has 2 heterocycles. The standard InChI is InChI=1S/C17H13ClN2OS/c18-14-3-1-2-13(10-14)15-4-5-16(22-15)17(21)20-11-12-6-8-19-9-7-12/h1-10H,11H2,(H,20,21). The van der Waals surface area contributed by atoms with Crippen LogP contribution in [0.15, 0.2) is 60.9 Å². The van der Waals surface area contributed by atoms with E-state index in [2.05, 4.69) is 10.3 Å². The van der Waals surface area contributed by atoms with E-state index in [1.807, 2.05) is 48.5 Å². The third kappa shape index (κ3) is 3.53. The average Bonchev–Trinajstić information content (AvgIpc) is 3.04. The van der Waals surface area contributed by atoms with E-state index >= 15 is 0 Å². The number of hydrogen-bond donors (Lipinski definition) is 1. The molecule has 0 atom stereocenters. The van der Waals surface area contributed by atoms with Crippen molar-refractivity contribution in [1.29, 1.82) is 0 Å². The third-order valence-corrected chi connectivity index (χ3v) is 4.51. The Balaban J connectivity index is 1.69. The van der Waals surface area contributed by atoms with E-state index in [4.69, 9.17) is 11.6 Å². The van der Waals surface area contributed by atoms with E-state index in [0.29, 0.717) is 16.4 Å². The lowest BCUT2D eigenvalue weighted by atomic mass is 10.2. The summed E-state index contributed by atoms with van der Waals surface area (Å²) in [7, 11) is 0. The SMILES string of the molecule is O=C(NCc1ccncc1)c1ccc(-c2cccc(Cl)c2)s1. The number of halogens is 1. The van der Waals surface area contributed by atoms with Crippen LogP contribution in [0.2, 0.25) is 5.02 Å². The molecule has 0 saturated heterocycles. The highest BCUT2D eigenvalue weighted by Crippen LogP contribution is 2.29. The van der Waals surface area contributed by atoms with Gasteiger partial charge in [0.2, 0.25) is 0 Å². The number of nitrogens with zero attached hydrogens (tertiary/aromatic N) is 1. The molecule has 3 nitrogen and oxygen atoms in total. The van der Waals surface area contributed by atoms with Gasteiger partial charge in [-0.2, -0.15) is 0 Å². The second-order valence-electron chi connectivity index (χ2n) is 4.71. The van der Waals surface area contributed by atoms with Crippen LogP contribution in [-0.2, 0) is 6.54 Å². The van der Waals surface area contributed by atoms with Crippen LogP contribution in [0.3, 0.4) is 0 Å². The number of hydrogen-bond acceptors (Lipinski definition) is 3. The number of benzene rings is 1. The maximum Gasteiger partial charge on any atom is 0.261 e. The van der Waals surface area contributed by atoms with Gasteiger partial charge in [0.15, 0.2) is 0 Å². The van der Waals surface area contributed by atoms with Crippen LogP contribution >= 0.6 is 22.9 Å². The maximum atomic E-state index is 12.2. The van der Waals surface area contributed by atoms with Crippen LogP contribution in [0.4, 0.5) is 0 Å². The summed E-state index contributed by atoms with van der Waals surface area (Å²) in [5.74, 6) is -0.0740. The van der Waals surface area contributed by atoms with Gasteiger partial charge in [-0.1, -0.05) is 23.7 Å². The average molecular weight is 329 g/mol. The second kappa shape index (κ2) is 6.73. The molecule has 110 valence electrons. The van der Waals surface area contributed by atoms with Crippen molar-refractivity contribution in [2.45, 2.75) is 6.54 Å². The van der Waals surface area contributed by atoms with Crippen molar-refractivity contribution < 1.29 is 4.79 Å². The predicted octanol–water partition coefficient (Wildman–Crippen LogP) is 4.39. The fraction of sp³-hybridized carbons (Fsp3) is 0.0588. The lowest BCUT2D eigenvalue weighted by Crippen LogP contribution is -2.21. The third-order valence-electron chi connectivity index (χ3n) is 3.14. The zero-order valence-electron chi connectivity index (χ0n) is 11.6. The van der Waals surface area contributed by atoms with Crippen molar-refractivity contribution in [3.63, 3.8) is 0 Å². The molecule has 2 aromatic heterocycles. The van der Waals surface area contributed by atoms with E-state index in [1.165, 1.54) is 11.3 Å². The molecule has 22 heavy (non-hydrogen) atoms. The molecule has 3 aromatic rings. The molecule has 1 N–H and O–H groups in total. The minimum atomic E-state index is -0.0740. The quantitative estimate of drug-likeness (QED) is 0.771. The summed E-state index contributed by atoms with van der Waals surface area (Å²) >= 11 is 7.46. The smallest absolute Gasteiger partial charge is 0.261 e. The zero-order chi connectivity index (χ0) is 15.4. The van der Waals surface area contributed by atoms with Gasteiger partial charge in [-0.25, -0.2) is 0 Å².